The van der Waals surface area contributed by atoms with Gasteiger partial charge in [0.2, 0.25) is 6.08 Å². The van der Waals surface area contributed by atoms with E-state index >= 15 is 0 Å². The molecule has 0 saturated carbocycles. The molecule has 0 amide bonds. The maximum atomic E-state index is 9.37. The fourth-order valence-electron chi connectivity index (χ4n) is 0.118. The highest BCUT2D eigenvalue weighted by Gasteiger charge is 1.77. The van der Waals surface area contributed by atoms with Gasteiger partial charge in [0.1, 0.15) is 0 Å². The Balaban J connectivity index is 3.32. The van der Waals surface area contributed by atoms with E-state index in [4.69, 9.17) is 0 Å². The quantitative estimate of drug-likeness (QED) is 0.382. The number of hydrogen-bond acceptors (Lipinski definition) is 2. The van der Waals surface area contributed by atoms with Crippen LogP contribution < -0.4 is 0 Å². The van der Waals surface area contributed by atoms with Crippen molar-refractivity contribution in [1.29, 1.82) is 0 Å². The average Bonchev–Trinajstić information content (AvgIpc) is 1.61. The molecule has 0 aliphatic heterocycles. The van der Waals surface area contributed by atoms with Gasteiger partial charge in [-0.1, -0.05) is 6.58 Å². The number of aliphatic imine (C=N–C) groups is 1. The molecule has 0 atom stereocenters. The summed E-state index contributed by atoms with van der Waals surface area (Å²) in [5.74, 6) is 0. The Morgan fingerprint density at radius 1 is 2.00 bits per heavy atom. The lowest BCUT2D eigenvalue weighted by molar-refractivity contribution is 0.564. The second-order valence-corrected chi connectivity index (χ2v) is 2.45. The third kappa shape index (κ3) is 5.85. The summed E-state index contributed by atoms with van der Waals surface area (Å²) in [4.78, 5) is 12.6. The standard InChI is InChI=1S/C4H4INO/c1-4(5)2-6-3-7/h1-2H2. The fraction of sp³-hybridized carbons (Fsp3) is 0.250. The molecule has 0 fully saturated rings. The number of nitrogens with zero attached hydrogens (tertiary/aromatic N) is 1. The highest BCUT2D eigenvalue weighted by atomic mass is 127. The van der Waals surface area contributed by atoms with E-state index < -0.39 is 0 Å². The summed E-state index contributed by atoms with van der Waals surface area (Å²) in [5, 5.41) is 0. The minimum atomic E-state index is 0.393. The zero-order valence-electron chi connectivity index (χ0n) is 3.65. The third-order valence-corrected chi connectivity index (χ3v) is 0.656. The van der Waals surface area contributed by atoms with E-state index in [9.17, 15) is 4.79 Å². The van der Waals surface area contributed by atoms with Crippen LogP contribution in [0, 0.1) is 0 Å². The van der Waals surface area contributed by atoms with Gasteiger partial charge in [0.15, 0.2) is 0 Å². The second-order valence-electron chi connectivity index (χ2n) is 0.925. The van der Waals surface area contributed by atoms with Crippen LogP contribution in [0.1, 0.15) is 0 Å². The van der Waals surface area contributed by atoms with Crippen molar-refractivity contribution >= 4 is 28.7 Å². The molecule has 3 heteroatoms. The number of halogens is 1. The second kappa shape index (κ2) is 4.02. The molecule has 0 rings (SSSR count). The highest BCUT2D eigenvalue weighted by Crippen LogP contribution is 1.99. The van der Waals surface area contributed by atoms with Gasteiger partial charge in [-0.25, -0.2) is 9.79 Å². The van der Waals surface area contributed by atoms with Gasteiger partial charge in [-0.15, -0.1) is 0 Å². The Labute approximate surface area is 55.5 Å². The average molecular weight is 209 g/mol. The van der Waals surface area contributed by atoms with Crippen molar-refractivity contribution < 1.29 is 4.79 Å². The SMILES string of the molecule is C=C(I)CN=C=O. The van der Waals surface area contributed by atoms with Gasteiger partial charge < -0.3 is 0 Å². The van der Waals surface area contributed by atoms with Crippen LogP contribution in [0.2, 0.25) is 0 Å². The van der Waals surface area contributed by atoms with Crippen LogP contribution in [-0.4, -0.2) is 12.6 Å². The lowest BCUT2D eigenvalue weighted by Gasteiger charge is -1.78. The fourth-order valence-corrected chi connectivity index (χ4v) is 0.289. The molecule has 0 aromatic rings. The zero-order chi connectivity index (χ0) is 5.70. The molecule has 0 bridgehead atoms. The van der Waals surface area contributed by atoms with E-state index in [1.165, 1.54) is 6.08 Å². The van der Waals surface area contributed by atoms with Gasteiger partial charge in [-0.3, -0.25) is 0 Å². The molecule has 38 valence electrons. The van der Waals surface area contributed by atoms with Crippen LogP contribution in [0.15, 0.2) is 15.2 Å². The summed E-state index contributed by atoms with van der Waals surface area (Å²) >= 11 is 2.00. The summed E-state index contributed by atoms with van der Waals surface area (Å²) in [6, 6.07) is 0. The zero-order valence-corrected chi connectivity index (χ0v) is 5.81. The molecular weight excluding hydrogens is 205 g/mol. The first-order valence-electron chi connectivity index (χ1n) is 1.64. The molecule has 0 aromatic carbocycles. The van der Waals surface area contributed by atoms with Crippen molar-refractivity contribution in [2.45, 2.75) is 0 Å². The lowest BCUT2D eigenvalue weighted by atomic mass is 10.7. The van der Waals surface area contributed by atoms with Crippen molar-refractivity contribution in [3.8, 4) is 0 Å². The normalized spacial score (nSPS) is 7.00. The van der Waals surface area contributed by atoms with Crippen LogP contribution in [0.4, 0.5) is 0 Å². The Bertz CT molecular complexity index is 115. The largest absolute Gasteiger partial charge is 0.235 e. The maximum absolute atomic E-state index is 9.37. The van der Waals surface area contributed by atoms with E-state index in [0.717, 1.165) is 3.58 Å². The number of hydrogen-bond donors (Lipinski definition) is 0. The molecule has 0 N–H and O–H groups in total. The molecule has 0 heterocycles. The van der Waals surface area contributed by atoms with Crippen molar-refractivity contribution in [2.75, 3.05) is 6.54 Å². The predicted octanol–water partition coefficient (Wildman–Crippen LogP) is 1.27. The van der Waals surface area contributed by atoms with Gasteiger partial charge in [0, 0.05) is 3.58 Å². The molecule has 0 saturated heterocycles. The highest BCUT2D eigenvalue weighted by molar-refractivity contribution is 14.1. The van der Waals surface area contributed by atoms with Crippen molar-refractivity contribution in [2.24, 2.45) is 4.99 Å². The molecular formula is C4H4INO. The number of isocyanates is 1. The van der Waals surface area contributed by atoms with E-state index in [1.807, 2.05) is 22.6 Å². The van der Waals surface area contributed by atoms with Gasteiger partial charge in [0.05, 0.1) is 6.54 Å². The van der Waals surface area contributed by atoms with Gasteiger partial charge in [-0.05, 0) is 22.6 Å². The minimum Gasteiger partial charge on any atom is -0.211 e. The Morgan fingerprint density at radius 2 is 2.57 bits per heavy atom. The third-order valence-electron chi connectivity index (χ3n) is 0.315. The van der Waals surface area contributed by atoms with Crippen LogP contribution in [0.25, 0.3) is 0 Å². The summed E-state index contributed by atoms with van der Waals surface area (Å²) < 4.78 is 0.848. The van der Waals surface area contributed by atoms with Crippen molar-refractivity contribution in [3.63, 3.8) is 0 Å². The van der Waals surface area contributed by atoms with Gasteiger partial charge >= 0.3 is 0 Å². The monoisotopic (exact) mass is 209 g/mol. The van der Waals surface area contributed by atoms with Gasteiger partial charge in [0.25, 0.3) is 0 Å². The van der Waals surface area contributed by atoms with Gasteiger partial charge in [-0.2, -0.15) is 0 Å². The Morgan fingerprint density at radius 3 is 2.71 bits per heavy atom. The van der Waals surface area contributed by atoms with E-state index in [0.29, 0.717) is 6.54 Å². The summed E-state index contributed by atoms with van der Waals surface area (Å²) in [7, 11) is 0. The van der Waals surface area contributed by atoms with E-state index in [2.05, 4.69) is 11.6 Å². The summed E-state index contributed by atoms with van der Waals surface area (Å²) in [6.07, 6.45) is 1.41. The smallest absolute Gasteiger partial charge is 0.211 e. The molecule has 0 spiro atoms. The van der Waals surface area contributed by atoms with Crippen LogP contribution in [-0.2, 0) is 4.79 Å². The molecule has 2 nitrogen and oxygen atoms in total. The summed E-state index contributed by atoms with van der Waals surface area (Å²) in [5.41, 5.74) is 0. The number of rotatable bonds is 2. The van der Waals surface area contributed by atoms with Crippen LogP contribution >= 0.6 is 22.6 Å². The first kappa shape index (κ1) is 6.85. The molecule has 0 radical (unpaired) electrons. The first-order valence-corrected chi connectivity index (χ1v) is 2.72. The van der Waals surface area contributed by atoms with Crippen molar-refractivity contribution in [3.05, 3.63) is 10.2 Å². The predicted molar refractivity (Wildman–Crippen MR) is 36.1 cm³/mol. The molecule has 0 aliphatic carbocycles. The maximum Gasteiger partial charge on any atom is 0.235 e. The molecule has 0 aliphatic rings. The first-order chi connectivity index (χ1) is 3.27. The molecule has 0 aromatic heterocycles. The van der Waals surface area contributed by atoms with Crippen LogP contribution in [0.5, 0.6) is 0 Å². The molecule has 7 heavy (non-hydrogen) atoms. The van der Waals surface area contributed by atoms with Crippen LogP contribution in [0.3, 0.4) is 0 Å². The Hall–Kier alpha value is -0.150. The minimum absolute atomic E-state index is 0.393. The molecule has 0 unspecified atom stereocenters. The van der Waals surface area contributed by atoms with E-state index in [-0.39, 0.29) is 0 Å². The Kier molecular flexibility index (Phi) is 3.93. The van der Waals surface area contributed by atoms with E-state index in [1.54, 1.807) is 0 Å². The summed E-state index contributed by atoms with van der Waals surface area (Å²) in [6.45, 7) is 3.90. The number of carbonyl (C=O) groups excluding carboxylic acids is 1. The lowest BCUT2D eigenvalue weighted by Crippen LogP contribution is -1.71. The topological polar surface area (TPSA) is 29.4 Å². The van der Waals surface area contributed by atoms with Crippen molar-refractivity contribution in [1.82, 2.24) is 0 Å².